The summed E-state index contributed by atoms with van der Waals surface area (Å²) >= 11 is 0. The van der Waals surface area contributed by atoms with E-state index in [0.717, 1.165) is 44.8 Å². The van der Waals surface area contributed by atoms with Gasteiger partial charge >= 0.3 is 0 Å². The van der Waals surface area contributed by atoms with Gasteiger partial charge < -0.3 is 14.4 Å². The van der Waals surface area contributed by atoms with Gasteiger partial charge in [0.25, 0.3) is 0 Å². The van der Waals surface area contributed by atoms with Crippen molar-refractivity contribution in [1.82, 2.24) is 14.9 Å². The van der Waals surface area contributed by atoms with Gasteiger partial charge in [-0.1, -0.05) is 13.8 Å². The SMILES string of the molecule is Cc1c(Oc2ccc(S(C)(=O)=O)cc2F)ncnc1OC1CCN(CCC(C)C)CC1. The van der Waals surface area contributed by atoms with Crippen LogP contribution in [0, 0.1) is 18.7 Å². The summed E-state index contributed by atoms with van der Waals surface area (Å²) in [4.78, 5) is 10.7. The molecule has 1 aromatic heterocycles. The molecule has 1 saturated heterocycles. The minimum atomic E-state index is -3.50. The van der Waals surface area contributed by atoms with Gasteiger partial charge in [-0.3, -0.25) is 0 Å². The first kappa shape index (κ1) is 23.4. The highest BCUT2D eigenvalue weighted by Crippen LogP contribution is 2.31. The lowest BCUT2D eigenvalue weighted by Crippen LogP contribution is -2.39. The number of hydrogen-bond acceptors (Lipinski definition) is 7. The maximum atomic E-state index is 14.4. The normalized spacial score (nSPS) is 15.9. The molecular formula is C22H30FN3O4S. The number of likely N-dealkylation sites (tertiary alicyclic amines) is 1. The molecule has 170 valence electrons. The minimum Gasteiger partial charge on any atom is -0.474 e. The van der Waals surface area contributed by atoms with Gasteiger partial charge in [-0.25, -0.2) is 22.8 Å². The predicted octanol–water partition coefficient (Wildman–Crippen LogP) is 4.01. The van der Waals surface area contributed by atoms with E-state index in [-0.39, 0.29) is 22.6 Å². The molecule has 2 heterocycles. The van der Waals surface area contributed by atoms with Crippen molar-refractivity contribution in [2.24, 2.45) is 5.92 Å². The largest absolute Gasteiger partial charge is 0.474 e. The van der Waals surface area contributed by atoms with Crippen LogP contribution >= 0.6 is 0 Å². The maximum Gasteiger partial charge on any atom is 0.229 e. The van der Waals surface area contributed by atoms with Crippen molar-refractivity contribution >= 4 is 9.84 Å². The average molecular weight is 452 g/mol. The van der Waals surface area contributed by atoms with E-state index in [0.29, 0.717) is 17.4 Å². The molecule has 1 aromatic carbocycles. The number of rotatable bonds is 8. The zero-order valence-electron chi connectivity index (χ0n) is 18.5. The number of ether oxygens (including phenoxy) is 2. The number of aromatic nitrogens is 2. The summed E-state index contributed by atoms with van der Waals surface area (Å²) in [6, 6.07) is 3.51. The standard InChI is InChI=1S/C22H30FN3O4S/c1-15(2)7-10-26-11-8-17(9-12-26)29-21-16(3)22(25-14-24-21)30-20-6-5-18(13-19(20)23)31(4,27)28/h5-6,13-15,17H,7-12H2,1-4H3. The molecule has 1 fully saturated rings. The van der Waals surface area contributed by atoms with Crippen LogP contribution in [0.25, 0.3) is 0 Å². The van der Waals surface area contributed by atoms with Gasteiger partial charge in [-0.15, -0.1) is 0 Å². The molecule has 31 heavy (non-hydrogen) atoms. The molecule has 0 amide bonds. The highest BCUT2D eigenvalue weighted by Gasteiger charge is 2.23. The Morgan fingerprint density at radius 3 is 2.48 bits per heavy atom. The Kier molecular flexibility index (Phi) is 7.48. The second kappa shape index (κ2) is 9.91. The van der Waals surface area contributed by atoms with Gasteiger partial charge in [0.2, 0.25) is 11.8 Å². The van der Waals surface area contributed by atoms with E-state index in [4.69, 9.17) is 9.47 Å². The Morgan fingerprint density at radius 2 is 1.87 bits per heavy atom. The fraction of sp³-hybridized carbons (Fsp3) is 0.545. The minimum absolute atomic E-state index is 0.0579. The lowest BCUT2D eigenvalue weighted by atomic mass is 10.1. The van der Waals surface area contributed by atoms with Crippen molar-refractivity contribution < 1.29 is 22.3 Å². The van der Waals surface area contributed by atoms with Crippen molar-refractivity contribution in [3.05, 3.63) is 35.9 Å². The fourth-order valence-electron chi connectivity index (χ4n) is 3.39. The third-order valence-corrected chi connectivity index (χ3v) is 6.48. The molecule has 0 aliphatic carbocycles. The quantitative estimate of drug-likeness (QED) is 0.600. The van der Waals surface area contributed by atoms with Gasteiger partial charge in [0, 0.05) is 19.3 Å². The third-order valence-electron chi connectivity index (χ3n) is 5.37. The van der Waals surface area contributed by atoms with E-state index >= 15 is 0 Å². The summed E-state index contributed by atoms with van der Waals surface area (Å²) in [5.41, 5.74) is 0.566. The van der Waals surface area contributed by atoms with Crippen LogP contribution in [0.3, 0.4) is 0 Å². The smallest absolute Gasteiger partial charge is 0.229 e. The number of hydrogen-bond donors (Lipinski definition) is 0. The van der Waals surface area contributed by atoms with Gasteiger partial charge in [0.15, 0.2) is 21.4 Å². The van der Waals surface area contributed by atoms with E-state index in [9.17, 15) is 12.8 Å². The van der Waals surface area contributed by atoms with E-state index < -0.39 is 15.7 Å². The number of sulfone groups is 1. The Bertz CT molecular complexity index is 1010. The summed E-state index contributed by atoms with van der Waals surface area (Å²) in [7, 11) is -3.50. The Balaban J connectivity index is 1.65. The Labute approximate surface area is 183 Å². The second-order valence-electron chi connectivity index (χ2n) is 8.42. The van der Waals surface area contributed by atoms with Crippen molar-refractivity contribution in [3.8, 4) is 17.5 Å². The van der Waals surface area contributed by atoms with E-state index in [2.05, 4.69) is 28.7 Å². The van der Waals surface area contributed by atoms with E-state index in [1.54, 1.807) is 6.92 Å². The summed E-state index contributed by atoms with van der Waals surface area (Å²) in [5, 5.41) is 0. The molecule has 0 atom stereocenters. The molecule has 2 aromatic rings. The van der Waals surface area contributed by atoms with Crippen LogP contribution in [0.1, 0.15) is 38.7 Å². The highest BCUT2D eigenvalue weighted by molar-refractivity contribution is 7.90. The van der Waals surface area contributed by atoms with Crippen molar-refractivity contribution in [2.75, 3.05) is 25.9 Å². The molecule has 0 saturated carbocycles. The second-order valence-corrected chi connectivity index (χ2v) is 10.4. The molecular weight excluding hydrogens is 421 g/mol. The summed E-state index contributed by atoms with van der Waals surface area (Å²) in [5.74, 6) is 0.392. The van der Waals surface area contributed by atoms with Crippen LogP contribution in [0.5, 0.6) is 17.5 Å². The topological polar surface area (TPSA) is 81.6 Å². The Morgan fingerprint density at radius 1 is 1.19 bits per heavy atom. The van der Waals surface area contributed by atoms with Crippen LogP contribution in [0.2, 0.25) is 0 Å². The molecule has 0 bridgehead atoms. The van der Waals surface area contributed by atoms with Crippen LogP contribution in [-0.4, -0.2) is 55.3 Å². The molecule has 3 rings (SSSR count). The van der Waals surface area contributed by atoms with Gasteiger partial charge in [0.05, 0.1) is 10.5 Å². The van der Waals surface area contributed by atoms with Crippen LogP contribution in [0.4, 0.5) is 4.39 Å². The first-order chi connectivity index (χ1) is 14.6. The molecule has 1 aliphatic heterocycles. The van der Waals surface area contributed by atoms with Crippen LogP contribution in [-0.2, 0) is 9.84 Å². The average Bonchev–Trinajstić information content (AvgIpc) is 2.71. The molecule has 7 nitrogen and oxygen atoms in total. The first-order valence-electron chi connectivity index (χ1n) is 10.5. The zero-order chi connectivity index (χ0) is 22.6. The van der Waals surface area contributed by atoms with Crippen molar-refractivity contribution in [1.29, 1.82) is 0 Å². The van der Waals surface area contributed by atoms with Crippen LogP contribution in [0.15, 0.2) is 29.4 Å². The molecule has 0 N–H and O–H groups in total. The number of nitrogens with zero attached hydrogens (tertiary/aromatic N) is 3. The highest BCUT2D eigenvalue weighted by atomic mass is 32.2. The van der Waals surface area contributed by atoms with Crippen LogP contribution < -0.4 is 9.47 Å². The maximum absolute atomic E-state index is 14.4. The van der Waals surface area contributed by atoms with E-state index in [1.165, 1.54) is 24.9 Å². The Hall–Kier alpha value is -2.26. The summed E-state index contributed by atoms with van der Waals surface area (Å²) in [6.45, 7) is 9.31. The lowest BCUT2D eigenvalue weighted by molar-refractivity contribution is 0.0934. The number of halogens is 1. The summed E-state index contributed by atoms with van der Waals surface area (Å²) < 4.78 is 49.2. The first-order valence-corrected chi connectivity index (χ1v) is 12.4. The molecule has 0 unspecified atom stereocenters. The molecule has 0 radical (unpaired) electrons. The van der Waals surface area contributed by atoms with Gasteiger partial charge in [-0.2, -0.15) is 0 Å². The third kappa shape index (κ3) is 6.36. The molecule has 9 heteroatoms. The lowest BCUT2D eigenvalue weighted by Gasteiger charge is -2.32. The fourth-order valence-corrected chi connectivity index (χ4v) is 4.02. The summed E-state index contributed by atoms with van der Waals surface area (Å²) in [6.07, 6.45) is 5.42. The van der Waals surface area contributed by atoms with E-state index in [1.807, 2.05) is 0 Å². The molecule has 1 aliphatic rings. The monoisotopic (exact) mass is 451 g/mol. The predicted molar refractivity (Wildman–Crippen MR) is 116 cm³/mol. The zero-order valence-corrected chi connectivity index (χ0v) is 19.3. The van der Waals surface area contributed by atoms with Crippen molar-refractivity contribution in [3.63, 3.8) is 0 Å². The van der Waals surface area contributed by atoms with Crippen molar-refractivity contribution in [2.45, 2.75) is 51.0 Å². The van der Waals surface area contributed by atoms with Gasteiger partial charge in [0.1, 0.15) is 12.4 Å². The molecule has 0 spiro atoms. The number of benzene rings is 1. The number of piperidine rings is 1. The van der Waals surface area contributed by atoms with Gasteiger partial charge in [-0.05, 0) is 56.8 Å².